The van der Waals surface area contributed by atoms with Crippen molar-refractivity contribution in [2.24, 2.45) is 0 Å². The largest absolute Gasteiger partial charge is 0.495 e. The van der Waals surface area contributed by atoms with E-state index in [1.165, 1.54) is 0 Å². The van der Waals surface area contributed by atoms with E-state index in [4.69, 9.17) is 21.6 Å². The first-order chi connectivity index (χ1) is 7.99. The van der Waals surface area contributed by atoms with Gasteiger partial charge in [0.05, 0.1) is 24.2 Å². The summed E-state index contributed by atoms with van der Waals surface area (Å²) in [5.74, 6) is 0.684. The summed E-state index contributed by atoms with van der Waals surface area (Å²) in [6, 6.07) is 5.91. The Hall–Kier alpha value is -1.24. The highest BCUT2D eigenvalue weighted by Crippen LogP contribution is 2.28. The van der Waals surface area contributed by atoms with Gasteiger partial charge in [-0.15, -0.1) is 0 Å². The Kier molecular flexibility index (Phi) is 4.80. The van der Waals surface area contributed by atoms with Crippen LogP contribution in [0.25, 0.3) is 0 Å². The van der Waals surface area contributed by atoms with Crippen LogP contribution in [0, 0.1) is 18.3 Å². The molecule has 0 fully saturated rings. The summed E-state index contributed by atoms with van der Waals surface area (Å²) in [6.45, 7) is 4.59. The smallest absolute Gasteiger partial charge is 0.137 e. The fourth-order valence-corrected chi connectivity index (χ4v) is 1.79. The molecular weight excluding hydrogens is 236 g/mol. The Morgan fingerprint density at radius 2 is 2.18 bits per heavy atom. The quantitative estimate of drug-likeness (QED) is 0.827. The van der Waals surface area contributed by atoms with E-state index in [-0.39, 0.29) is 6.04 Å². The van der Waals surface area contributed by atoms with Crippen LogP contribution in [0.2, 0.25) is 5.02 Å². The second-order valence-electron chi connectivity index (χ2n) is 4.13. The molecule has 1 unspecified atom stereocenters. The van der Waals surface area contributed by atoms with E-state index in [2.05, 4.69) is 6.07 Å². The summed E-state index contributed by atoms with van der Waals surface area (Å²) in [5.41, 5.74) is 2.23. The molecule has 0 radical (unpaired) electrons. The van der Waals surface area contributed by atoms with Gasteiger partial charge in [-0.05, 0) is 44.2 Å². The molecular formula is C13H17ClN2O. The number of ether oxygens (including phenoxy) is 1. The number of rotatable bonds is 4. The van der Waals surface area contributed by atoms with Gasteiger partial charge in [-0.3, -0.25) is 4.90 Å². The first-order valence-electron chi connectivity index (χ1n) is 5.42. The van der Waals surface area contributed by atoms with E-state index < -0.39 is 0 Å². The molecule has 1 aromatic rings. The van der Waals surface area contributed by atoms with Gasteiger partial charge in [-0.25, -0.2) is 0 Å². The molecule has 0 saturated carbocycles. The summed E-state index contributed by atoms with van der Waals surface area (Å²) in [6.07, 6.45) is 0. The molecule has 0 bridgehead atoms. The molecule has 0 aliphatic heterocycles. The fraction of sp³-hybridized carbons (Fsp3) is 0.462. The second kappa shape index (κ2) is 5.90. The summed E-state index contributed by atoms with van der Waals surface area (Å²) >= 11 is 6.09. The monoisotopic (exact) mass is 252 g/mol. The van der Waals surface area contributed by atoms with Gasteiger partial charge in [0.2, 0.25) is 0 Å². The van der Waals surface area contributed by atoms with Gasteiger partial charge in [0, 0.05) is 6.54 Å². The lowest BCUT2D eigenvalue weighted by atomic mass is 10.1. The number of hydrogen-bond donors (Lipinski definition) is 0. The summed E-state index contributed by atoms with van der Waals surface area (Å²) in [5, 5.41) is 9.45. The fourth-order valence-electron chi connectivity index (χ4n) is 1.53. The average Bonchev–Trinajstić information content (AvgIpc) is 2.32. The van der Waals surface area contributed by atoms with Gasteiger partial charge < -0.3 is 4.74 Å². The van der Waals surface area contributed by atoms with E-state index in [0.29, 0.717) is 17.3 Å². The highest BCUT2D eigenvalue weighted by molar-refractivity contribution is 6.32. The Morgan fingerprint density at radius 3 is 2.71 bits per heavy atom. The van der Waals surface area contributed by atoms with Crippen molar-refractivity contribution in [1.82, 2.24) is 4.90 Å². The molecule has 0 aromatic heterocycles. The molecule has 0 aliphatic rings. The molecule has 0 N–H and O–H groups in total. The summed E-state index contributed by atoms with van der Waals surface area (Å²) in [7, 11) is 3.52. The molecule has 0 spiro atoms. The van der Waals surface area contributed by atoms with E-state index in [1.807, 2.05) is 37.9 Å². The summed E-state index contributed by atoms with van der Waals surface area (Å²) in [4.78, 5) is 1.98. The van der Waals surface area contributed by atoms with Gasteiger partial charge in [-0.1, -0.05) is 11.6 Å². The van der Waals surface area contributed by atoms with E-state index in [9.17, 15) is 0 Å². The minimum absolute atomic E-state index is 0.115. The lowest BCUT2D eigenvalue weighted by Crippen LogP contribution is -2.27. The van der Waals surface area contributed by atoms with Crippen LogP contribution in [0.4, 0.5) is 0 Å². The van der Waals surface area contributed by atoms with Crippen molar-refractivity contribution < 1.29 is 4.74 Å². The molecule has 3 nitrogen and oxygen atoms in total. The van der Waals surface area contributed by atoms with Crippen LogP contribution in [-0.4, -0.2) is 25.1 Å². The third-order valence-electron chi connectivity index (χ3n) is 2.88. The molecule has 1 aromatic carbocycles. The molecule has 4 heteroatoms. The number of aryl methyl sites for hydroxylation is 1. The Balaban J connectivity index is 2.93. The maximum atomic E-state index is 8.85. The van der Waals surface area contributed by atoms with Gasteiger partial charge in [-0.2, -0.15) is 5.26 Å². The zero-order valence-electron chi connectivity index (χ0n) is 10.6. The van der Waals surface area contributed by atoms with E-state index in [1.54, 1.807) is 7.11 Å². The molecule has 0 aliphatic carbocycles. The topological polar surface area (TPSA) is 36.3 Å². The summed E-state index contributed by atoms with van der Waals surface area (Å²) < 4.78 is 5.16. The van der Waals surface area contributed by atoms with Crippen molar-refractivity contribution in [3.8, 4) is 11.8 Å². The highest BCUT2D eigenvalue weighted by Gasteiger charge is 2.12. The van der Waals surface area contributed by atoms with E-state index in [0.717, 1.165) is 11.1 Å². The van der Waals surface area contributed by atoms with Crippen molar-refractivity contribution in [1.29, 1.82) is 5.26 Å². The Labute approximate surface area is 108 Å². The zero-order valence-corrected chi connectivity index (χ0v) is 11.4. The normalized spacial score (nSPS) is 12.3. The maximum absolute atomic E-state index is 8.85. The lowest BCUT2D eigenvalue weighted by Gasteiger charge is -2.20. The Bertz CT molecular complexity index is 440. The number of methoxy groups -OCH3 is 1. The Morgan fingerprint density at radius 1 is 1.53 bits per heavy atom. The van der Waals surface area contributed by atoms with E-state index >= 15 is 0 Å². The van der Waals surface area contributed by atoms with Gasteiger partial charge in [0.25, 0.3) is 0 Å². The van der Waals surface area contributed by atoms with Crippen molar-refractivity contribution in [3.05, 3.63) is 28.3 Å². The number of hydrogen-bond acceptors (Lipinski definition) is 3. The van der Waals surface area contributed by atoms with Crippen molar-refractivity contribution in [2.45, 2.75) is 26.4 Å². The third kappa shape index (κ3) is 3.36. The van der Waals surface area contributed by atoms with Gasteiger partial charge in [0.15, 0.2) is 0 Å². The van der Waals surface area contributed by atoms with Crippen LogP contribution in [0.3, 0.4) is 0 Å². The molecule has 17 heavy (non-hydrogen) atoms. The minimum Gasteiger partial charge on any atom is -0.495 e. The first-order valence-corrected chi connectivity index (χ1v) is 5.80. The van der Waals surface area contributed by atoms with Crippen LogP contribution >= 0.6 is 11.6 Å². The molecule has 0 heterocycles. The molecule has 1 atom stereocenters. The van der Waals surface area contributed by atoms with Crippen LogP contribution < -0.4 is 4.74 Å². The van der Waals surface area contributed by atoms with Crippen molar-refractivity contribution in [2.75, 3.05) is 14.2 Å². The van der Waals surface area contributed by atoms with Crippen LogP contribution in [-0.2, 0) is 6.54 Å². The van der Waals surface area contributed by atoms with Crippen LogP contribution in [0.1, 0.15) is 18.1 Å². The lowest BCUT2D eigenvalue weighted by molar-refractivity contribution is 0.294. The van der Waals surface area contributed by atoms with Crippen LogP contribution in [0.15, 0.2) is 12.1 Å². The van der Waals surface area contributed by atoms with Crippen LogP contribution in [0.5, 0.6) is 5.75 Å². The standard InChI is InChI=1S/C13H17ClN2O/c1-9-5-13(17-4)12(14)6-11(9)8-16(3)10(2)7-15/h5-6,10H,8H2,1-4H3. The number of nitrogens with zero attached hydrogens (tertiary/aromatic N) is 2. The number of benzene rings is 1. The minimum atomic E-state index is -0.115. The zero-order chi connectivity index (χ0) is 13.0. The van der Waals surface area contributed by atoms with Crippen molar-refractivity contribution in [3.63, 3.8) is 0 Å². The third-order valence-corrected chi connectivity index (χ3v) is 3.17. The van der Waals surface area contributed by atoms with Crippen molar-refractivity contribution >= 4 is 11.6 Å². The van der Waals surface area contributed by atoms with Gasteiger partial charge >= 0.3 is 0 Å². The first kappa shape index (κ1) is 13.8. The number of nitriles is 1. The SMILES string of the molecule is COc1cc(C)c(CN(C)C(C)C#N)cc1Cl. The molecule has 92 valence electrons. The number of halogens is 1. The second-order valence-corrected chi connectivity index (χ2v) is 4.54. The molecule has 1 rings (SSSR count). The highest BCUT2D eigenvalue weighted by atomic mass is 35.5. The maximum Gasteiger partial charge on any atom is 0.137 e. The predicted octanol–water partition coefficient (Wildman–Crippen LogP) is 3.00. The molecule has 0 saturated heterocycles. The molecule has 0 amide bonds. The average molecular weight is 253 g/mol. The van der Waals surface area contributed by atoms with Gasteiger partial charge in [0.1, 0.15) is 5.75 Å². The predicted molar refractivity (Wildman–Crippen MR) is 69.3 cm³/mol.